The van der Waals surface area contributed by atoms with E-state index in [4.69, 9.17) is 4.42 Å². The van der Waals surface area contributed by atoms with E-state index in [2.05, 4.69) is 18.3 Å². The van der Waals surface area contributed by atoms with E-state index >= 15 is 0 Å². The maximum absolute atomic E-state index is 13.0. The number of furan rings is 1. The minimum Gasteiger partial charge on any atom is -0.466 e. The Morgan fingerprint density at radius 3 is 2.53 bits per heavy atom. The molecule has 1 heterocycles. The first-order valence-corrected chi connectivity index (χ1v) is 6.52. The molecule has 0 spiro atoms. The van der Waals surface area contributed by atoms with Crippen LogP contribution in [-0.4, -0.2) is 0 Å². The lowest BCUT2D eigenvalue weighted by Crippen LogP contribution is -2.18. The van der Waals surface area contributed by atoms with Gasteiger partial charge >= 0.3 is 0 Å². The zero-order chi connectivity index (χ0) is 14.0. The molecule has 1 N–H and O–H groups in total. The van der Waals surface area contributed by atoms with Crippen molar-refractivity contribution in [2.45, 2.75) is 40.3 Å². The molecule has 0 radical (unpaired) electrons. The summed E-state index contributed by atoms with van der Waals surface area (Å²) in [5, 5.41) is 3.45. The topological polar surface area (TPSA) is 25.2 Å². The van der Waals surface area contributed by atoms with E-state index in [0.29, 0.717) is 0 Å². The van der Waals surface area contributed by atoms with Crippen LogP contribution >= 0.6 is 0 Å². The van der Waals surface area contributed by atoms with Crippen LogP contribution in [-0.2, 0) is 6.54 Å². The summed E-state index contributed by atoms with van der Waals surface area (Å²) >= 11 is 0. The second-order valence-corrected chi connectivity index (χ2v) is 5.04. The molecule has 102 valence electrons. The van der Waals surface area contributed by atoms with Gasteiger partial charge in [0, 0.05) is 18.2 Å². The molecule has 2 aromatic rings. The van der Waals surface area contributed by atoms with Crippen molar-refractivity contribution in [2.24, 2.45) is 0 Å². The van der Waals surface area contributed by atoms with Crippen molar-refractivity contribution in [3.8, 4) is 0 Å². The quantitative estimate of drug-likeness (QED) is 0.892. The highest BCUT2D eigenvalue weighted by Gasteiger charge is 2.12. The van der Waals surface area contributed by atoms with E-state index in [1.165, 1.54) is 11.6 Å². The molecule has 0 aliphatic carbocycles. The molecule has 0 saturated heterocycles. The summed E-state index contributed by atoms with van der Waals surface area (Å²) in [6.45, 7) is 8.68. The Bertz CT molecular complexity index is 574. The summed E-state index contributed by atoms with van der Waals surface area (Å²) in [5.74, 6) is 1.70. The van der Waals surface area contributed by atoms with Crippen molar-refractivity contribution in [1.29, 1.82) is 0 Å². The Labute approximate surface area is 113 Å². The first-order chi connectivity index (χ1) is 8.97. The summed E-state index contributed by atoms with van der Waals surface area (Å²) < 4.78 is 18.6. The molecule has 19 heavy (non-hydrogen) atoms. The monoisotopic (exact) mass is 261 g/mol. The zero-order valence-electron chi connectivity index (χ0n) is 11.9. The molecule has 0 aliphatic heterocycles. The first-order valence-electron chi connectivity index (χ1n) is 6.52. The minimum atomic E-state index is -0.185. The average molecular weight is 261 g/mol. The van der Waals surface area contributed by atoms with Gasteiger partial charge in [-0.1, -0.05) is 6.07 Å². The Hall–Kier alpha value is -1.61. The fourth-order valence-electron chi connectivity index (χ4n) is 2.31. The molecule has 3 heteroatoms. The first kappa shape index (κ1) is 13.8. The Morgan fingerprint density at radius 1 is 1.21 bits per heavy atom. The van der Waals surface area contributed by atoms with Crippen LogP contribution < -0.4 is 5.32 Å². The number of halogens is 1. The van der Waals surface area contributed by atoms with Crippen molar-refractivity contribution in [3.05, 3.63) is 58.3 Å². The molecular weight excluding hydrogens is 241 g/mol. The highest BCUT2D eigenvalue weighted by Crippen LogP contribution is 2.21. The lowest BCUT2D eigenvalue weighted by Gasteiger charge is -2.14. The fourth-order valence-corrected chi connectivity index (χ4v) is 2.31. The predicted molar refractivity (Wildman–Crippen MR) is 74.6 cm³/mol. The SMILES string of the molecule is Cc1cc(C(C)NCc2ccc(F)cc2C)c(C)o1. The summed E-state index contributed by atoms with van der Waals surface area (Å²) in [6, 6.07) is 7.17. The van der Waals surface area contributed by atoms with E-state index < -0.39 is 0 Å². The molecule has 0 aliphatic rings. The van der Waals surface area contributed by atoms with Crippen LogP contribution in [0.25, 0.3) is 0 Å². The molecule has 1 unspecified atom stereocenters. The molecular formula is C16H20FNO. The summed E-state index contributed by atoms with van der Waals surface area (Å²) in [4.78, 5) is 0. The molecule has 1 aromatic carbocycles. The van der Waals surface area contributed by atoms with Gasteiger partial charge in [-0.25, -0.2) is 4.39 Å². The smallest absolute Gasteiger partial charge is 0.123 e. The standard InChI is InChI=1S/C16H20FNO/c1-10-7-15(17)6-5-14(10)9-18-12(3)16-8-11(2)19-13(16)4/h5-8,12,18H,9H2,1-4H3. The van der Waals surface area contributed by atoms with Crippen molar-refractivity contribution in [2.75, 3.05) is 0 Å². The van der Waals surface area contributed by atoms with Gasteiger partial charge in [-0.15, -0.1) is 0 Å². The van der Waals surface area contributed by atoms with Crippen LogP contribution in [0.2, 0.25) is 0 Å². The molecule has 0 saturated carbocycles. The molecule has 2 nitrogen and oxygen atoms in total. The Balaban J connectivity index is 2.04. The number of nitrogens with one attached hydrogen (secondary N) is 1. The highest BCUT2D eigenvalue weighted by atomic mass is 19.1. The summed E-state index contributed by atoms with van der Waals surface area (Å²) in [5.41, 5.74) is 3.27. The van der Waals surface area contributed by atoms with Crippen molar-refractivity contribution >= 4 is 0 Å². The normalized spacial score (nSPS) is 12.7. The Morgan fingerprint density at radius 2 is 1.95 bits per heavy atom. The van der Waals surface area contributed by atoms with Gasteiger partial charge in [0.2, 0.25) is 0 Å². The van der Waals surface area contributed by atoms with Gasteiger partial charge in [-0.05, 0) is 57.0 Å². The lowest BCUT2D eigenvalue weighted by molar-refractivity contribution is 0.489. The summed E-state index contributed by atoms with van der Waals surface area (Å²) in [7, 11) is 0. The number of aryl methyl sites for hydroxylation is 3. The highest BCUT2D eigenvalue weighted by molar-refractivity contribution is 5.27. The Kier molecular flexibility index (Phi) is 4.05. The van der Waals surface area contributed by atoms with Gasteiger partial charge in [-0.3, -0.25) is 0 Å². The van der Waals surface area contributed by atoms with E-state index in [9.17, 15) is 4.39 Å². The van der Waals surface area contributed by atoms with Crippen LogP contribution in [0.3, 0.4) is 0 Å². The van der Waals surface area contributed by atoms with Crippen LogP contribution in [0.5, 0.6) is 0 Å². The lowest BCUT2D eigenvalue weighted by atomic mass is 10.1. The van der Waals surface area contributed by atoms with E-state index in [-0.39, 0.29) is 11.9 Å². The van der Waals surface area contributed by atoms with Crippen LogP contribution in [0.15, 0.2) is 28.7 Å². The molecule has 2 rings (SSSR count). The van der Waals surface area contributed by atoms with Gasteiger partial charge in [0.1, 0.15) is 17.3 Å². The van der Waals surface area contributed by atoms with Crippen LogP contribution in [0.1, 0.15) is 41.2 Å². The van der Waals surface area contributed by atoms with Gasteiger partial charge in [0.05, 0.1) is 0 Å². The van der Waals surface area contributed by atoms with Gasteiger partial charge in [0.25, 0.3) is 0 Å². The van der Waals surface area contributed by atoms with Crippen molar-refractivity contribution < 1.29 is 8.81 Å². The second kappa shape index (κ2) is 5.57. The third kappa shape index (κ3) is 3.24. The van der Waals surface area contributed by atoms with E-state index in [1.54, 1.807) is 6.07 Å². The average Bonchev–Trinajstić information content (AvgIpc) is 2.67. The minimum absolute atomic E-state index is 0.185. The third-order valence-electron chi connectivity index (χ3n) is 3.45. The van der Waals surface area contributed by atoms with Crippen LogP contribution in [0, 0.1) is 26.6 Å². The number of rotatable bonds is 4. The predicted octanol–water partition coefficient (Wildman–Crippen LogP) is 4.19. The number of hydrogen-bond acceptors (Lipinski definition) is 2. The molecule has 1 aromatic heterocycles. The molecule has 0 bridgehead atoms. The summed E-state index contributed by atoms with van der Waals surface area (Å²) in [6.07, 6.45) is 0. The number of benzene rings is 1. The van der Waals surface area contributed by atoms with E-state index in [0.717, 1.165) is 29.2 Å². The van der Waals surface area contributed by atoms with E-state index in [1.807, 2.05) is 26.8 Å². The fraction of sp³-hybridized carbons (Fsp3) is 0.375. The second-order valence-electron chi connectivity index (χ2n) is 5.04. The van der Waals surface area contributed by atoms with Gasteiger partial charge in [0.15, 0.2) is 0 Å². The van der Waals surface area contributed by atoms with Gasteiger partial charge < -0.3 is 9.73 Å². The maximum atomic E-state index is 13.0. The largest absolute Gasteiger partial charge is 0.466 e. The number of hydrogen-bond donors (Lipinski definition) is 1. The molecule has 1 atom stereocenters. The van der Waals surface area contributed by atoms with Crippen LogP contribution in [0.4, 0.5) is 4.39 Å². The third-order valence-corrected chi connectivity index (χ3v) is 3.45. The zero-order valence-corrected chi connectivity index (χ0v) is 11.9. The molecule has 0 fully saturated rings. The van der Waals surface area contributed by atoms with Crippen molar-refractivity contribution in [1.82, 2.24) is 5.32 Å². The van der Waals surface area contributed by atoms with Crippen molar-refractivity contribution in [3.63, 3.8) is 0 Å². The van der Waals surface area contributed by atoms with Gasteiger partial charge in [-0.2, -0.15) is 0 Å². The molecule has 0 amide bonds. The maximum Gasteiger partial charge on any atom is 0.123 e.